The van der Waals surface area contributed by atoms with Crippen molar-refractivity contribution in [1.29, 1.82) is 0 Å². The number of thiazole rings is 1. The number of fused-ring (bicyclic) bond motifs is 2. The van der Waals surface area contributed by atoms with Gasteiger partial charge < -0.3 is 14.2 Å². The first kappa shape index (κ1) is 31.0. The predicted molar refractivity (Wildman–Crippen MR) is 177 cm³/mol. The molecule has 6 rings (SSSR count). The van der Waals surface area contributed by atoms with Crippen molar-refractivity contribution in [3.05, 3.63) is 138 Å². The zero-order valence-corrected chi connectivity index (χ0v) is 26.8. The molecule has 5 aromatic rings. The molecule has 1 aliphatic heterocycles. The van der Waals surface area contributed by atoms with Gasteiger partial charge in [0.25, 0.3) is 5.56 Å². The van der Waals surface area contributed by atoms with E-state index in [0.29, 0.717) is 49.8 Å². The Bertz CT molecular complexity index is 2150. The van der Waals surface area contributed by atoms with E-state index in [9.17, 15) is 14.0 Å². The first-order valence-electron chi connectivity index (χ1n) is 15.1. The van der Waals surface area contributed by atoms with Crippen LogP contribution in [-0.4, -0.2) is 23.2 Å². The quantitative estimate of drug-likeness (QED) is 0.174. The molecule has 0 amide bonds. The molecule has 0 aliphatic carbocycles. The van der Waals surface area contributed by atoms with Gasteiger partial charge in [-0.1, -0.05) is 72.0 Å². The van der Waals surface area contributed by atoms with Crippen LogP contribution < -0.4 is 24.4 Å². The van der Waals surface area contributed by atoms with Gasteiger partial charge in [-0.3, -0.25) is 9.36 Å². The van der Waals surface area contributed by atoms with Crippen LogP contribution in [0.3, 0.4) is 0 Å². The van der Waals surface area contributed by atoms with E-state index in [2.05, 4.69) is 0 Å². The molecule has 234 valence electrons. The van der Waals surface area contributed by atoms with Crippen molar-refractivity contribution in [3.8, 4) is 11.5 Å². The second-order valence-electron chi connectivity index (χ2n) is 11.1. The molecular formula is C37H33FN2O5S. The van der Waals surface area contributed by atoms with E-state index >= 15 is 0 Å². The van der Waals surface area contributed by atoms with Crippen LogP contribution in [0.2, 0.25) is 0 Å². The van der Waals surface area contributed by atoms with Crippen LogP contribution in [0, 0.1) is 5.82 Å². The molecule has 0 spiro atoms. The summed E-state index contributed by atoms with van der Waals surface area (Å²) in [6.45, 7) is 7.76. The lowest BCUT2D eigenvalue weighted by atomic mass is 9.95. The molecule has 0 saturated heterocycles. The fourth-order valence-electron chi connectivity index (χ4n) is 5.54. The number of esters is 1. The third kappa shape index (κ3) is 6.10. The third-order valence-electron chi connectivity index (χ3n) is 7.64. The van der Waals surface area contributed by atoms with Crippen LogP contribution in [-0.2, 0) is 16.1 Å². The predicted octanol–water partition coefficient (Wildman–Crippen LogP) is 6.46. The average molecular weight is 637 g/mol. The summed E-state index contributed by atoms with van der Waals surface area (Å²) in [5, 5.41) is 1.83. The van der Waals surface area contributed by atoms with Crippen LogP contribution in [0.15, 0.2) is 106 Å². The highest BCUT2D eigenvalue weighted by atomic mass is 32.1. The number of aromatic nitrogens is 1. The zero-order valence-electron chi connectivity index (χ0n) is 26.0. The van der Waals surface area contributed by atoms with E-state index in [-0.39, 0.29) is 24.1 Å². The largest absolute Gasteiger partial charge is 0.494 e. The Hall–Kier alpha value is -5.02. The van der Waals surface area contributed by atoms with Crippen molar-refractivity contribution in [2.45, 2.75) is 46.4 Å². The monoisotopic (exact) mass is 636 g/mol. The number of nitrogens with zero attached hydrogens (tertiary/aromatic N) is 2. The Labute approximate surface area is 269 Å². The van der Waals surface area contributed by atoms with Gasteiger partial charge >= 0.3 is 5.97 Å². The Morgan fingerprint density at radius 2 is 1.74 bits per heavy atom. The molecule has 0 radical (unpaired) electrons. The summed E-state index contributed by atoms with van der Waals surface area (Å²) in [7, 11) is 0. The highest BCUT2D eigenvalue weighted by molar-refractivity contribution is 7.07. The van der Waals surface area contributed by atoms with Gasteiger partial charge in [-0.15, -0.1) is 0 Å². The van der Waals surface area contributed by atoms with E-state index in [1.54, 1.807) is 49.6 Å². The molecule has 1 atom stereocenters. The number of carbonyl (C=O) groups is 1. The standard InChI is InChI=1S/C37H33FN2O5S/c1-5-43-27-17-14-25(15-18-27)34-33(36(42)45-22(2)3)23(4)39-37-40(34)35(41)32(46-37)20-29-28-12-8-6-10-24(28)16-19-31(29)44-21-26-11-7-9-13-30(26)38/h6-20,22,34H,5,21H2,1-4H3/b32-20+/t34-/m1/s1. The minimum absolute atomic E-state index is 0.0192. The number of allylic oxidation sites excluding steroid dienone is 1. The maximum Gasteiger partial charge on any atom is 0.338 e. The summed E-state index contributed by atoms with van der Waals surface area (Å²) in [6.07, 6.45) is 1.44. The topological polar surface area (TPSA) is 79.1 Å². The summed E-state index contributed by atoms with van der Waals surface area (Å²) in [5.74, 6) is 0.315. The minimum Gasteiger partial charge on any atom is -0.494 e. The number of hydrogen-bond acceptors (Lipinski definition) is 7. The van der Waals surface area contributed by atoms with Crippen LogP contribution in [0.5, 0.6) is 11.5 Å². The van der Waals surface area contributed by atoms with Crippen molar-refractivity contribution < 1.29 is 23.4 Å². The minimum atomic E-state index is -0.760. The molecule has 0 fully saturated rings. The van der Waals surface area contributed by atoms with E-state index < -0.39 is 12.0 Å². The van der Waals surface area contributed by atoms with Gasteiger partial charge in [-0.05, 0) is 74.4 Å². The number of hydrogen-bond donors (Lipinski definition) is 0. The van der Waals surface area contributed by atoms with Gasteiger partial charge in [0, 0.05) is 11.1 Å². The normalized spacial score (nSPS) is 14.7. The van der Waals surface area contributed by atoms with Gasteiger partial charge in [0.15, 0.2) is 4.80 Å². The number of benzene rings is 4. The Kier molecular flexibility index (Phi) is 8.85. The second-order valence-corrected chi connectivity index (χ2v) is 12.1. The fraction of sp³-hybridized carbons (Fsp3) is 0.216. The highest BCUT2D eigenvalue weighted by Crippen LogP contribution is 2.33. The lowest BCUT2D eigenvalue weighted by Gasteiger charge is -2.25. The van der Waals surface area contributed by atoms with Crippen molar-refractivity contribution in [2.75, 3.05) is 6.61 Å². The van der Waals surface area contributed by atoms with E-state index in [4.69, 9.17) is 19.2 Å². The van der Waals surface area contributed by atoms with Crippen molar-refractivity contribution in [1.82, 2.24) is 4.57 Å². The number of halogens is 1. The lowest BCUT2D eigenvalue weighted by molar-refractivity contribution is -0.143. The molecule has 9 heteroatoms. The first-order valence-corrected chi connectivity index (χ1v) is 15.9. The maximum absolute atomic E-state index is 14.4. The summed E-state index contributed by atoms with van der Waals surface area (Å²) in [5.41, 5.74) is 2.31. The molecule has 1 aliphatic rings. The van der Waals surface area contributed by atoms with Gasteiger partial charge in [0.05, 0.1) is 34.6 Å². The summed E-state index contributed by atoms with van der Waals surface area (Å²) < 4.78 is 33.8. The Morgan fingerprint density at radius 1 is 1.00 bits per heavy atom. The smallest absolute Gasteiger partial charge is 0.338 e. The van der Waals surface area contributed by atoms with Gasteiger partial charge in [-0.2, -0.15) is 0 Å². The van der Waals surface area contributed by atoms with Crippen molar-refractivity contribution >= 4 is 34.2 Å². The summed E-state index contributed by atoms with van der Waals surface area (Å²) >= 11 is 1.23. The average Bonchev–Trinajstić information content (AvgIpc) is 3.34. The van der Waals surface area contributed by atoms with Crippen LogP contribution in [0.25, 0.3) is 16.8 Å². The number of rotatable bonds is 9. The molecule has 0 bridgehead atoms. The molecule has 0 unspecified atom stereocenters. The third-order valence-corrected chi connectivity index (χ3v) is 8.62. The molecule has 0 N–H and O–H groups in total. The summed E-state index contributed by atoms with van der Waals surface area (Å²) in [6, 6.07) is 24.6. The molecule has 2 heterocycles. The Balaban J connectivity index is 1.51. The van der Waals surface area contributed by atoms with Gasteiger partial charge in [-0.25, -0.2) is 14.2 Å². The van der Waals surface area contributed by atoms with Crippen LogP contribution in [0.4, 0.5) is 4.39 Å². The fourth-order valence-corrected chi connectivity index (χ4v) is 6.57. The van der Waals surface area contributed by atoms with Crippen LogP contribution >= 0.6 is 11.3 Å². The first-order chi connectivity index (χ1) is 22.2. The second kappa shape index (κ2) is 13.1. The molecule has 4 aromatic carbocycles. The molecule has 7 nitrogen and oxygen atoms in total. The van der Waals surface area contributed by atoms with Crippen molar-refractivity contribution in [2.24, 2.45) is 4.99 Å². The number of carbonyl (C=O) groups excluding carboxylic acids is 1. The zero-order chi connectivity index (χ0) is 32.4. The molecule has 46 heavy (non-hydrogen) atoms. The Morgan fingerprint density at radius 3 is 2.48 bits per heavy atom. The van der Waals surface area contributed by atoms with E-state index in [1.165, 1.54) is 17.4 Å². The lowest BCUT2D eigenvalue weighted by Crippen LogP contribution is -2.40. The van der Waals surface area contributed by atoms with E-state index in [0.717, 1.165) is 16.3 Å². The van der Waals surface area contributed by atoms with Gasteiger partial charge in [0.2, 0.25) is 0 Å². The molecule has 1 aromatic heterocycles. The maximum atomic E-state index is 14.4. The molecular weight excluding hydrogens is 603 g/mol. The van der Waals surface area contributed by atoms with E-state index in [1.807, 2.05) is 67.6 Å². The highest BCUT2D eigenvalue weighted by Gasteiger charge is 2.34. The summed E-state index contributed by atoms with van der Waals surface area (Å²) in [4.78, 5) is 33.0. The van der Waals surface area contributed by atoms with Crippen molar-refractivity contribution in [3.63, 3.8) is 0 Å². The SMILES string of the molecule is CCOc1ccc([C@@H]2C(C(=O)OC(C)C)=C(C)N=c3s/c(=C/c4c(OCc5ccccc5F)ccc5ccccc45)c(=O)n32)cc1. The molecule has 0 saturated carbocycles. The number of ether oxygens (including phenoxy) is 3. The van der Waals surface area contributed by atoms with Crippen LogP contribution in [0.1, 0.15) is 50.4 Å². The van der Waals surface area contributed by atoms with Gasteiger partial charge in [0.1, 0.15) is 23.9 Å².